The molecule has 0 unspecified atom stereocenters. The third kappa shape index (κ3) is 4.04. The first-order valence-corrected chi connectivity index (χ1v) is 5.15. The molecule has 0 amide bonds. The highest BCUT2D eigenvalue weighted by Gasteiger charge is 2.30. The van der Waals surface area contributed by atoms with Gasteiger partial charge in [-0.25, -0.2) is 8.78 Å². The van der Waals surface area contributed by atoms with E-state index in [9.17, 15) is 27.1 Å². The number of phenols is 1. The van der Waals surface area contributed by atoms with Gasteiger partial charge in [0.05, 0.1) is 6.04 Å². The van der Waals surface area contributed by atoms with Gasteiger partial charge in [0.2, 0.25) is 0 Å². The van der Waals surface area contributed by atoms with E-state index in [4.69, 9.17) is 5.73 Å². The minimum Gasteiger partial charge on any atom is -0.508 e. The summed E-state index contributed by atoms with van der Waals surface area (Å²) in [7, 11) is 0. The summed E-state index contributed by atoms with van der Waals surface area (Å²) >= 11 is -0.459. The van der Waals surface area contributed by atoms with Crippen molar-refractivity contribution in [2.45, 2.75) is 22.9 Å². The van der Waals surface area contributed by atoms with Crippen molar-refractivity contribution in [3.05, 3.63) is 23.8 Å². The molecular weight excluding hydrogens is 265 g/mol. The van der Waals surface area contributed by atoms with Crippen LogP contribution in [0.25, 0.3) is 0 Å². The fraction of sp³-hybridized carbons (Fsp3) is 0.333. The summed E-state index contributed by atoms with van der Waals surface area (Å²) in [5.41, 5.74) is 0.138. The monoisotopic (exact) mass is 273 g/mol. The Hall–Kier alpha value is -1.02. The summed E-state index contributed by atoms with van der Waals surface area (Å²) in [5, 5.41) is 9.25. The Balaban J connectivity index is 3.02. The molecule has 0 spiro atoms. The van der Waals surface area contributed by atoms with Crippen LogP contribution in [-0.2, 0) is 0 Å². The van der Waals surface area contributed by atoms with E-state index < -0.39 is 41.1 Å². The highest BCUT2D eigenvalue weighted by molar-refractivity contribution is 8.00. The van der Waals surface area contributed by atoms with Gasteiger partial charge in [-0.05, 0) is 30.0 Å². The lowest BCUT2D eigenvalue weighted by Crippen LogP contribution is -2.19. The van der Waals surface area contributed by atoms with Crippen LogP contribution in [0.1, 0.15) is 11.6 Å². The van der Waals surface area contributed by atoms with Crippen LogP contribution in [-0.4, -0.2) is 17.0 Å². The maximum Gasteiger partial charge on any atom is 0.446 e. The highest BCUT2D eigenvalue weighted by atomic mass is 32.2. The molecule has 0 saturated heterocycles. The van der Waals surface area contributed by atoms with Gasteiger partial charge in [-0.15, -0.1) is 0 Å². The number of benzene rings is 1. The van der Waals surface area contributed by atoms with Gasteiger partial charge in [0.25, 0.3) is 6.43 Å². The maximum atomic E-state index is 12.3. The largest absolute Gasteiger partial charge is 0.508 e. The fourth-order valence-corrected chi connectivity index (χ4v) is 1.72. The number of thioether (sulfide) groups is 1. The van der Waals surface area contributed by atoms with Crippen molar-refractivity contribution in [2.24, 2.45) is 5.73 Å². The van der Waals surface area contributed by atoms with Gasteiger partial charge >= 0.3 is 5.51 Å². The molecule has 8 heteroatoms. The number of hydrogen-bond donors (Lipinski definition) is 2. The SMILES string of the molecule is N[C@H](c1cc(SC(F)(F)F)ccc1O)C(F)F. The average Bonchev–Trinajstić information content (AvgIpc) is 2.17. The van der Waals surface area contributed by atoms with Crippen molar-refractivity contribution >= 4 is 11.8 Å². The van der Waals surface area contributed by atoms with Gasteiger partial charge < -0.3 is 10.8 Å². The second-order valence-corrected chi connectivity index (χ2v) is 4.27. The zero-order valence-corrected chi connectivity index (χ0v) is 9.03. The molecule has 3 N–H and O–H groups in total. The molecule has 1 aromatic carbocycles. The normalized spacial score (nSPS) is 14.1. The van der Waals surface area contributed by atoms with Crippen molar-refractivity contribution in [2.75, 3.05) is 0 Å². The Morgan fingerprint density at radius 3 is 2.29 bits per heavy atom. The summed E-state index contributed by atoms with van der Waals surface area (Å²) in [6, 6.07) is 0.884. The molecule has 0 fully saturated rings. The Morgan fingerprint density at radius 1 is 1.24 bits per heavy atom. The van der Waals surface area contributed by atoms with Gasteiger partial charge in [0.15, 0.2) is 0 Å². The van der Waals surface area contributed by atoms with Gasteiger partial charge in [0, 0.05) is 10.5 Å². The van der Waals surface area contributed by atoms with Crippen LogP contribution in [0.3, 0.4) is 0 Å². The fourth-order valence-electron chi connectivity index (χ4n) is 1.13. The van der Waals surface area contributed by atoms with Crippen LogP contribution < -0.4 is 5.73 Å². The molecular formula is C9H8F5NOS. The number of halogens is 5. The van der Waals surface area contributed by atoms with Gasteiger partial charge in [-0.2, -0.15) is 13.2 Å². The molecule has 0 heterocycles. The van der Waals surface area contributed by atoms with E-state index >= 15 is 0 Å². The van der Waals surface area contributed by atoms with Crippen molar-refractivity contribution in [3.63, 3.8) is 0 Å². The van der Waals surface area contributed by atoms with E-state index in [1.807, 2.05) is 0 Å². The summed E-state index contributed by atoms with van der Waals surface area (Å²) in [4.78, 5) is -0.304. The lowest BCUT2D eigenvalue weighted by Gasteiger charge is -2.14. The zero-order valence-electron chi connectivity index (χ0n) is 8.21. The Labute approximate surface area is 97.6 Å². The molecule has 0 aliphatic carbocycles. The predicted octanol–water partition coefficient (Wildman–Crippen LogP) is 3.27. The first-order valence-electron chi connectivity index (χ1n) is 4.33. The number of hydrogen-bond acceptors (Lipinski definition) is 3. The van der Waals surface area contributed by atoms with Crippen LogP contribution in [0.15, 0.2) is 23.1 Å². The topological polar surface area (TPSA) is 46.2 Å². The van der Waals surface area contributed by atoms with Crippen molar-refractivity contribution < 1.29 is 27.1 Å². The molecule has 1 atom stereocenters. The standard InChI is InChI=1S/C9H8F5NOS/c10-8(11)7(15)5-3-4(1-2-6(5)16)17-9(12,13)14/h1-3,7-8,16H,15H2/t7-/m1/s1. The lowest BCUT2D eigenvalue weighted by atomic mass is 10.1. The summed E-state index contributed by atoms with van der Waals surface area (Å²) in [6.07, 6.45) is -2.97. The molecule has 2 nitrogen and oxygen atoms in total. The van der Waals surface area contributed by atoms with E-state index in [0.29, 0.717) is 0 Å². The predicted molar refractivity (Wildman–Crippen MR) is 53.0 cm³/mol. The molecule has 17 heavy (non-hydrogen) atoms. The van der Waals surface area contributed by atoms with Gasteiger partial charge in [0.1, 0.15) is 5.75 Å². The second kappa shape index (κ2) is 5.09. The van der Waals surface area contributed by atoms with E-state index in [1.165, 1.54) is 0 Å². The minimum atomic E-state index is -4.52. The average molecular weight is 273 g/mol. The summed E-state index contributed by atoms with van der Waals surface area (Å²) in [5.74, 6) is -0.552. The Bertz CT molecular complexity index is 395. The minimum absolute atomic E-state index is 0.304. The maximum absolute atomic E-state index is 12.3. The Morgan fingerprint density at radius 2 is 1.82 bits per heavy atom. The molecule has 1 aromatic rings. The molecule has 96 valence electrons. The van der Waals surface area contributed by atoms with Crippen molar-refractivity contribution in [1.29, 1.82) is 0 Å². The summed E-state index contributed by atoms with van der Waals surface area (Å²) in [6.45, 7) is 0. The molecule has 0 aromatic heterocycles. The van der Waals surface area contributed by atoms with Crippen LogP contribution >= 0.6 is 11.8 Å². The molecule has 0 radical (unpaired) electrons. The molecule has 0 saturated carbocycles. The van der Waals surface area contributed by atoms with E-state index in [-0.39, 0.29) is 4.90 Å². The number of alkyl halides is 5. The van der Waals surface area contributed by atoms with E-state index in [1.54, 1.807) is 0 Å². The molecule has 1 rings (SSSR count). The van der Waals surface area contributed by atoms with Crippen molar-refractivity contribution in [1.82, 2.24) is 0 Å². The zero-order chi connectivity index (χ0) is 13.2. The molecule has 0 aliphatic heterocycles. The quantitative estimate of drug-likeness (QED) is 0.656. The number of rotatable bonds is 3. The first-order chi connectivity index (χ1) is 7.70. The first kappa shape index (κ1) is 14.0. The van der Waals surface area contributed by atoms with Gasteiger partial charge in [-0.3, -0.25) is 0 Å². The van der Waals surface area contributed by atoms with Crippen LogP contribution in [0.2, 0.25) is 0 Å². The lowest BCUT2D eigenvalue weighted by molar-refractivity contribution is -0.0328. The Kier molecular flexibility index (Phi) is 4.21. The van der Waals surface area contributed by atoms with Crippen LogP contribution in [0.4, 0.5) is 22.0 Å². The van der Waals surface area contributed by atoms with Crippen LogP contribution in [0.5, 0.6) is 5.75 Å². The summed E-state index contributed by atoms with van der Waals surface area (Å²) < 4.78 is 60.8. The molecule has 0 bridgehead atoms. The third-order valence-electron chi connectivity index (χ3n) is 1.86. The second-order valence-electron chi connectivity index (χ2n) is 3.13. The van der Waals surface area contributed by atoms with Gasteiger partial charge in [-0.1, -0.05) is 0 Å². The van der Waals surface area contributed by atoms with E-state index in [2.05, 4.69) is 0 Å². The highest BCUT2D eigenvalue weighted by Crippen LogP contribution is 2.39. The van der Waals surface area contributed by atoms with E-state index in [0.717, 1.165) is 18.2 Å². The number of aromatic hydroxyl groups is 1. The smallest absolute Gasteiger partial charge is 0.446 e. The number of nitrogens with two attached hydrogens (primary N) is 1. The van der Waals surface area contributed by atoms with Crippen molar-refractivity contribution in [3.8, 4) is 5.75 Å². The van der Waals surface area contributed by atoms with Crippen LogP contribution in [0, 0.1) is 0 Å². The number of phenolic OH excluding ortho intramolecular Hbond substituents is 1. The molecule has 0 aliphatic rings. The third-order valence-corrected chi connectivity index (χ3v) is 2.58.